The van der Waals surface area contributed by atoms with Crippen molar-refractivity contribution in [3.63, 3.8) is 0 Å². The van der Waals surface area contributed by atoms with Crippen LogP contribution in [0.2, 0.25) is 0 Å². The van der Waals surface area contributed by atoms with Crippen molar-refractivity contribution >= 4 is 17.6 Å². The molecule has 0 saturated carbocycles. The number of carbonyl (C=O) groups is 2. The Bertz CT molecular complexity index is 968. The van der Waals surface area contributed by atoms with Gasteiger partial charge in [-0.3, -0.25) is 4.79 Å². The van der Waals surface area contributed by atoms with Crippen molar-refractivity contribution in [3.05, 3.63) is 65.5 Å². The Hall–Kier alpha value is -3.55. The van der Waals surface area contributed by atoms with Gasteiger partial charge in [-0.25, -0.2) is 9.48 Å². The summed E-state index contributed by atoms with van der Waals surface area (Å²) in [6.07, 6.45) is 4.73. The quantitative estimate of drug-likeness (QED) is 0.696. The van der Waals surface area contributed by atoms with Crippen LogP contribution in [0.4, 0.5) is 5.69 Å². The van der Waals surface area contributed by atoms with E-state index in [0.29, 0.717) is 11.3 Å². The second-order valence-corrected chi connectivity index (χ2v) is 6.26. The van der Waals surface area contributed by atoms with E-state index in [9.17, 15) is 9.59 Å². The van der Waals surface area contributed by atoms with E-state index >= 15 is 0 Å². The molecule has 0 saturated heterocycles. The third-order valence-corrected chi connectivity index (χ3v) is 4.43. The number of amides is 1. The lowest BCUT2D eigenvalue weighted by atomic mass is 10.1. The molecule has 0 fully saturated rings. The molecule has 0 atom stereocenters. The smallest absolute Gasteiger partial charge is 0.338 e. The molecule has 8 nitrogen and oxygen atoms in total. The summed E-state index contributed by atoms with van der Waals surface area (Å²) in [4.78, 5) is 24.1. The van der Waals surface area contributed by atoms with Crippen molar-refractivity contribution in [3.8, 4) is 5.69 Å². The van der Waals surface area contributed by atoms with Gasteiger partial charge in [0.25, 0.3) is 5.91 Å². The highest BCUT2D eigenvalue weighted by atomic mass is 16.5. The Balaban J connectivity index is 1.31. The molecule has 1 amide bonds. The summed E-state index contributed by atoms with van der Waals surface area (Å²) < 4.78 is 6.56. The van der Waals surface area contributed by atoms with E-state index in [1.165, 1.54) is 22.1 Å². The minimum Gasteiger partial charge on any atom is -0.452 e. The number of nitrogens with zero attached hydrogens (tertiary/aromatic N) is 4. The average Bonchev–Trinajstić information content (AvgIpc) is 3.37. The van der Waals surface area contributed by atoms with Crippen molar-refractivity contribution in [2.45, 2.75) is 19.3 Å². The zero-order valence-electron chi connectivity index (χ0n) is 14.5. The third-order valence-electron chi connectivity index (χ3n) is 4.43. The zero-order valence-corrected chi connectivity index (χ0v) is 14.5. The number of rotatable bonds is 5. The maximum Gasteiger partial charge on any atom is 0.338 e. The molecule has 0 unspecified atom stereocenters. The number of nitrogens with one attached hydrogen (secondary N) is 1. The molecular formula is C19H17N5O3. The summed E-state index contributed by atoms with van der Waals surface area (Å²) >= 11 is 0. The third kappa shape index (κ3) is 3.84. The van der Waals surface area contributed by atoms with Crippen LogP contribution in [0.25, 0.3) is 5.69 Å². The fourth-order valence-electron chi connectivity index (χ4n) is 3.09. The summed E-state index contributed by atoms with van der Waals surface area (Å²) in [6.45, 7) is -0.343. The van der Waals surface area contributed by atoms with E-state index < -0.39 is 5.97 Å². The Labute approximate surface area is 155 Å². The first-order valence-corrected chi connectivity index (χ1v) is 8.61. The largest absolute Gasteiger partial charge is 0.452 e. The second kappa shape index (κ2) is 7.36. The summed E-state index contributed by atoms with van der Waals surface area (Å²) in [5, 5.41) is 13.6. The lowest BCUT2D eigenvalue weighted by molar-refractivity contribution is -0.119. The number of ether oxygens (including phenoxy) is 1. The monoisotopic (exact) mass is 363 g/mol. The fourth-order valence-corrected chi connectivity index (χ4v) is 3.09. The van der Waals surface area contributed by atoms with Crippen LogP contribution >= 0.6 is 0 Å². The molecule has 0 spiro atoms. The predicted molar refractivity (Wildman–Crippen MR) is 96.5 cm³/mol. The molecular weight excluding hydrogens is 346 g/mol. The molecule has 1 aliphatic rings. The number of fused-ring (bicyclic) bond motifs is 1. The number of aromatic nitrogens is 4. The fraction of sp³-hybridized carbons (Fsp3) is 0.211. The van der Waals surface area contributed by atoms with Gasteiger partial charge in [0, 0.05) is 5.69 Å². The Kier molecular flexibility index (Phi) is 4.61. The standard InChI is InChI=1S/C19H17N5O3/c25-18(21-16-7-4-13-2-1-3-15(13)10-16)11-27-19(26)14-5-8-17(9-6-14)24-12-20-22-23-24/h4-10,12H,1-3,11H2,(H,21,25). The molecule has 2 aromatic carbocycles. The summed E-state index contributed by atoms with van der Waals surface area (Å²) in [7, 11) is 0. The normalized spacial score (nSPS) is 12.4. The van der Waals surface area contributed by atoms with Gasteiger partial charge in [-0.1, -0.05) is 6.07 Å². The van der Waals surface area contributed by atoms with Gasteiger partial charge in [-0.2, -0.15) is 0 Å². The first kappa shape index (κ1) is 16.9. The molecule has 1 aliphatic carbocycles. The minimum atomic E-state index is -0.567. The van der Waals surface area contributed by atoms with E-state index in [1.54, 1.807) is 24.3 Å². The van der Waals surface area contributed by atoms with Crippen LogP contribution in [0.1, 0.15) is 27.9 Å². The van der Waals surface area contributed by atoms with Gasteiger partial charge >= 0.3 is 5.97 Å². The summed E-state index contributed by atoms with van der Waals surface area (Å²) in [5.74, 6) is -0.936. The Morgan fingerprint density at radius 2 is 1.89 bits per heavy atom. The van der Waals surface area contributed by atoms with Gasteiger partial charge in [0.2, 0.25) is 0 Å². The van der Waals surface area contributed by atoms with Crippen LogP contribution in [-0.4, -0.2) is 38.7 Å². The van der Waals surface area contributed by atoms with Crippen molar-refractivity contribution in [2.75, 3.05) is 11.9 Å². The Morgan fingerprint density at radius 1 is 1.07 bits per heavy atom. The molecule has 27 heavy (non-hydrogen) atoms. The zero-order chi connectivity index (χ0) is 18.6. The number of carbonyl (C=O) groups excluding carboxylic acids is 2. The van der Waals surface area contributed by atoms with Crippen LogP contribution in [0.15, 0.2) is 48.8 Å². The predicted octanol–water partition coefficient (Wildman–Crippen LogP) is 1.95. The topological polar surface area (TPSA) is 99.0 Å². The van der Waals surface area contributed by atoms with Gasteiger partial charge in [-0.15, -0.1) is 5.10 Å². The highest BCUT2D eigenvalue weighted by Crippen LogP contribution is 2.24. The van der Waals surface area contributed by atoms with Crippen molar-refractivity contribution in [1.82, 2.24) is 20.2 Å². The lowest BCUT2D eigenvalue weighted by Gasteiger charge is -2.08. The molecule has 136 valence electrons. The molecule has 4 rings (SSSR count). The van der Waals surface area contributed by atoms with E-state index in [2.05, 4.69) is 20.8 Å². The first-order chi connectivity index (χ1) is 13.2. The molecule has 0 radical (unpaired) electrons. The van der Waals surface area contributed by atoms with Crippen LogP contribution in [0.3, 0.4) is 0 Å². The van der Waals surface area contributed by atoms with E-state index in [-0.39, 0.29) is 12.5 Å². The lowest BCUT2D eigenvalue weighted by Crippen LogP contribution is -2.21. The highest BCUT2D eigenvalue weighted by Gasteiger charge is 2.13. The number of anilines is 1. The molecule has 1 N–H and O–H groups in total. The Morgan fingerprint density at radius 3 is 2.67 bits per heavy atom. The average molecular weight is 363 g/mol. The number of tetrazole rings is 1. The second-order valence-electron chi connectivity index (χ2n) is 6.26. The van der Waals surface area contributed by atoms with Crippen molar-refractivity contribution in [2.24, 2.45) is 0 Å². The maximum atomic E-state index is 12.1. The van der Waals surface area contributed by atoms with Gasteiger partial charge in [0.15, 0.2) is 6.61 Å². The van der Waals surface area contributed by atoms with Gasteiger partial charge in [0.1, 0.15) is 6.33 Å². The SMILES string of the molecule is O=C(COC(=O)c1ccc(-n2cnnn2)cc1)Nc1ccc2c(c1)CCC2. The van der Waals surface area contributed by atoms with Crippen LogP contribution in [0, 0.1) is 0 Å². The molecule has 0 bridgehead atoms. The van der Waals surface area contributed by atoms with Crippen LogP contribution in [0.5, 0.6) is 0 Å². The summed E-state index contributed by atoms with van der Waals surface area (Å²) in [5.41, 5.74) is 4.39. The van der Waals surface area contributed by atoms with Gasteiger partial charge in [-0.05, 0) is 77.2 Å². The van der Waals surface area contributed by atoms with Crippen LogP contribution < -0.4 is 5.32 Å². The first-order valence-electron chi connectivity index (χ1n) is 8.61. The van der Waals surface area contributed by atoms with E-state index in [0.717, 1.165) is 24.9 Å². The van der Waals surface area contributed by atoms with Crippen molar-refractivity contribution < 1.29 is 14.3 Å². The maximum absolute atomic E-state index is 12.1. The van der Waals surface area contributed by atoms with Gasteiger partial charge in [0.05, 0.1) is 11.3 Å². The van der Waals surface area contributed by atoms with Gasteiger partial charge < -0.3 is 10.1 Å². The number of benzene rings is 2. The summed E-state index contributed by atoms with van der Waals surface area (Å²) in [6, 6.07) is 12.5. The van der Waals surface area contributed by atoms with Crippen molar-refractivity contribution in [1.29, 1.82) is 0 Å². The van der Waals surface area contributed by atoms with E-state index in [4.69, 9.17) is 4.74 Å². The highest BCUT2D eigenvalue weighted by molar-refractivity contribution is 5.95. The molecule has 1 heterocycles. The number of esters is 1. The molecule has 3 aromatic rings. The molecule has 0 aliphatic heterocycles. The number of hydrogen-bond donors (Lipinski definition) is 1. The van der Waals surface area contributed by atoms with E-state index in [1.807, 2.05) is 18.2 Å². The molecule has 1 aromatic heterocycles. The number of hydrogen-bond acceptors (Lipinski definition) is 6. The van der Waals surface area contributed by atoms with Crippen LogP contribution in [-0.2, 0) is 22.4 Å². The minimum absolute atomic E-state index is 0.343. The molecule has 8 heteroatoms. The number of aryl methyl sites for hydroxylation is 2.